The number of ether oxygens (including phenoxy) is 1. The van der Waals surface area contributed by atoms with Gasteiger partial charge in [0.25, 0.3) is 0 Å². The van der Waals surface area contributed by atoms with Gasteiger partial charge < -0.3 is 15.8 Å². The van der Waals surface area contributed by atoms with Gasteiger partial charge in [0.1, 0.15) is 23.2 Å². The molecule has 1 aliphatic rings. The van der Waals surface area contributed by atoms with Crippen molar-refractivity contribution in [2.45, 2.75) is 50.4 Å². The van der Waals surface area contributed by atoms with Gasteiger partial charge in [-0.3, -0.25) is 10.1 Å². The summed E-state index contributed by atoms with van der Waals surface area (Å²) in [4.78, 5) is 13.3. The Morgan fingerprint density at radius 1 is 1.06 bits per heavy atom. The van der Waals surface area contributed by atoms with Crippen molar-refractivity contribution < 1.29 is 22.7 Å². The molecular weight excluding hydrogens is 467 g/mol. The molecule has 0 aliphatic carbocycles. The summed E-state index contributed by atoms with van der Waals surface area (Å²) in [7, 11) is 0. The second-order valence-corrected chi connectivity index (χ2v) is 9.57. The summed E-state index contributed by atoms with van der Waals surface area (Å²) in [6, 6.07) is 14.7. The number of nitrogens with two attached hydrogens (primary N) is 1. The lowest BCUT2D eigenvalue weighted by atomic mass is 9.84. The minimum atomic E-state index is -1.20. The van der Waals surface area contributed by atoms with Crippen molar-refractivity contribution in [1.29, 1.82) is 0 Å². The lowest BCUT2D eigenvalue weighted by Gasteiger charge is -2.25. The molecule has 1 saturated heterocycles. The van der Waals surface area contributed by atoms with E-state index in [1.165, 1.54) is 48.5 Å². The number of rotatable bonds is 8. The maximum Gasteiger partial charge on any atom is 0.242 e. The van der Waals surface area contributed by atoms with Gasteiger partial charge in [-0.2, -0.15) is 0 Å². The number of nitrogens with one attached hydrogen (secondary N) is 2. The fraction of sp³-hybridized carbons (Fsp3) is 0.321. The maximum absolute atomic E-state index is 14.8. The molecule has 4 rings (SSSR count). The van der Waals surface area contributed by atoms with Crippen LogP contribution in [0.2, 0.25) is 0 Å². The Morgan fingerprint density at radius 3 is 2.22 bits per heavy atom. The van der Waals surface area contributed by atoms with Crippen LogP contribution in [0, 0.1) is 17.5 Å². The molecular formula is C28H30F3N3O2. The van der Waals surface area contributed by atoms with E-state index in [0.29, 0.717) is 41.8 Å². The highest BCUT2D eigenvalue weighted by Gasteiger charge is 2.32. The quantitative estimate of drug-likeness (QED) is 0.416. The molecule has 0 spiro atoms. The second-order valence-electron chi connectivity index (χ2n) is 9.57. The predicted molar refractivity (Wildman–Crippen MR) is 133 cm³/mol. The number of amides is 1. The molecule has 1 aliphatic heterocycles. The summed E-state index contributed by atoms with van der Waals surface area (Å²) in [5, 5.41) is 6.09. The number of anilines is 1. The van der Waals surface area contributed by atoms with E-state index < -0.39 is 41.0 Å². The van der Waals surface area contributed by atoms with Gasteiger partial charge in [-0.05, 0) is 74.2 Å². The van der Waals surface area contributed by atoms with E-state index in [0.717, 1.165) is 0 Å². The van der Waals surface area contributed by atoms with Crippen LogP contribution in [0.25, 0.3) is 0 Å². The van der Waals surface area contributed by atoms with Gasteiger partial charge in [-0.25, -0.2) is 13.2 Å². The molecule has 190 valence electrons. The standard InChI is InChI=1S/C28H30F3N3O2/c1-28(2)34-21(16-36-28)12-13-22-23(31)10-5-11-24(22)33-27(35)26(32)25(17-6-3-8-19(29)14-17)18-7-4-9-20(30)15-18/h3-11,14-15,21,25-26,34H,12-13,16,32H2,1-2H3,(H,33,35)/t21-,26-/m0/s1. The normalized spacial score (nSPS) is 17.8. The van der Waals surface area contributed by atoms with Gasteiger partial charge in [-0.15, -0.1) is 0 Å². The molecule has 2 atom stereocenters. The summed E-state index contributed by atoms with van der Waals surface area (Å²) >= 11 is 0. The second kappa shape index (κ2) is 10.8. The van der Waals surface area contributed by atoms with E-state index in [1.807, 2.05) is 13.8 Å². The summed E-state index contributed by atoms with van der Waals surface area (Å²) in [6.07, 6.45) is 0.973. The number of hydrogen-bond donors (Lipinski definition) is 3. The van der Waals surface area contributed by atoms with E-state index in [-0.39, 0.29) is 6.04 Å². The first kappa shape index (κ1) is 25.9. The van der Waals surface area contributed by atoms with E-state index in [4.69, 9.17) is 10.5 Å². The largest absolute Gasteiger partial charge is 0.360 e. The third kappa shape index (κ3) is 6.13. The summed E-state index contributed by atoms with van der Waals surface area (Å²) in [5.41, 5.74) is 7.48. The van der Waals surface area contributed by atoms with Crippen LogP contribution in [0.4, 0.5) is 18.9 Å². The molecule has 0 saturated carbocycles. The molecule has 1 fully saturated rings. The van der Waals surface area contributed by atoms with Crippen LogP contribution in [-0.2, 0) is 16.0 Å². The molecule has 1 amide bonds. The lowest BCUT2D eigenvalue weighted by Crippen LogP contribution is -2.41. The molecule has 0 unspecified atom stereocenters. The van der Waals surface area contributed by atoms with Crippen molar-refractivity contribution >= 4 is 11.6 Å². The fourth-order valence-corrected chi connectivity index (χ4v) is 4.66. The van der Waals surface area contributed by atoms with Crippen molar-refractivity contribution in [1.82, 2.24) is 5.32 Å². The number of hydrogen-bond acceptors (Lipinski definition) is 4. The van der Waals surface area contributed by atoms with Crippen LogP contribution in [0.3, 0.4) is 0 Å². The maximum atomic E-state index is 14.8. The molecule has 0 aromatic heterocycles. The average Bonchev–Trinajstić information content (AvgIpc) is 3.17. The van der Waals surface area contributed by atoms with Gasteiger partial charge in [0.15, 0.2) is 0 Å². The summed E-state index contributed by atoms with van der Waals surface area (Å²) in [6.45, 7) is 4.37. The van der Waals surface area contributed by atoms with Gasteiger partial charge in [-0.1, -0.05) is 30.3 Å². The highest BCUT2D eigenvalue weighted by atomic mass is 19.1. The number of halogens is 3. The summed E-state index contributed by atoms with van der Waals surface area (Å²) < 4.78 is 48.5. The van der Waals surface area contributed by atoms with Crippen molar-refractivity contribution in [3.63, 3.8) is 0 Å². The third-order valence-electron chi connectivity index (χ3n) is 6.39. The third-order valence-corrected chi connectivity index (χ3v) is 6.39. The Hall–Kier alpha value is -3.20. The number of carbonyl (C=O) groups excluding carboxylic acids is 1. The summed E-state index contributed by atoms with van der Waals surface area (Å²) in [5.74, 6) is -2.85. The van der Waals surface area contributed by atoms with Crippen LogP contribution >= 0.6 is 0 Å². The van der Waals surface area contributed by atoms with Crippen molar-refractivity contribution in [3.05, 3.63) is 101 Å². The molecule has 4 N–H and O–H groups in total. The topological polar surface area (TPSA) is 76.4 Å². The number of benzene rings is 3. The first-order chi connectivity index (χ1) is 17.1. The van der Waals surface area contributed by atoms with Crippen LogP contribution in [0.5, 0.6) is 0 Å². The zero-order valence-electron chi connectivity index (χ0n) is 20.2. The molecule has 36 heavy (non-hydrogen) atoms. The molecule has 3 aromatic carbocycles. The highest BCUT2D eigenvalue weighted by molar-refractivity contribution is 5.96. The molecule has 8 heteroatoms. The van der Waals surface area contributed by atoms with E-state index in [9.17, 15) is 18.0 Å². The molecule has 5 nitrogen and oxygen atoms in total. The van der Waals surface area contributed by atoms with E-state index in [2.05, 4.69) is 10.6 Å². The van der Waals surface area contributed by atoms with Gasteiger partial charge in [0.05, 0.1) is 12.6 Å². The Bertz CT molecular complexity index is 1190. The Kier molecular flexibility index (Phi) is 7.78. The Balaban J connectivity index is 1.56. The SMILES string of the molecule is CC1(C)N[C@@H](CCc2c(F)cccc2NC(=O)[C@@H](N)C(c2cccc(F)c2)c2cccc(F)c2)CO1. The number of carbonyl (C=O) groups is 1. The molecule has 0 radical (unpaired) electrons. The highest BCUT2D eigenvalue weighted by Crippen LogP contribution is 2.30. The fourth-order valence-electron chi connectivity index (χ4n) is 4.66. The average molecular weight is 498 g/mol. The van der Waals surface area contributed by atoms with E-state index >= 15 is 0 Å². The van der Waals surface area contributed by atoms with Gasteiger partial charge in [0, 0.05) is 23.2 Å². The van der Waals surface area contributed by atoms with Crippen LogP contribution < -0.4 is 16.4 Å². The predicted octanol–water partition coefficient (Wildman–Crippen LogP) is 4.86. The van der Waals surface area contributed by atoms with Gasteiger partial charge >= 0.3 is 0 Å². The van der Waals surface area contributed by atoms with Crippen LogP contribution in [0.15, 0.2) is 66.7 Å². The molecule has 0 bridgehead atoms. The van der Waals surface area contributed by atoms with Crippen molar-refractivity contribution in [2.24, 2.45) is 5.73 Å². The zero-order valence-corrected chi connectivity index (χ0v) is 20.2. The lowest BCUT2D eigenvalue weighted by molar-refractivity contribution is -0.117. The van der Waals surface area contributed by atoms with Crippen LogP contribution in [-0.4, -0.2) is 30.3 Å². The minimum Gasteiger partial charge on any atom is -0.360 e. The van der Waals surface area contributed by atoms with E-state index in [1.54, 1.807) is 18.2 Å². The van der Waals surface area contributed by atoms with Crippen molar-refractivity contribution in [2.75, 3.05) is 11.9 Å². The van der Waals surface area contributed by atoms with Gasteiger partial charge in [0.2, 0.25) is 5.91 Å². The van der Waals surface area contributed by atoms with Crippen molar-refractivity contribution in [3.8, 4) is 0 Å². The molecule has 3 aromatic rings. The molecule has 1 heterocycles. The first-order valence-electron chi connectivity index (χ1n) is 11.9. The Labute approximate surface area is 208 Å². The first-order valence-corrected chi connectivity index (χ1v) is 11.9. The Morgan fingerprint density at radius 2 is 1.67 bits per heavy atom. The zero-order chi connectivity index (χ0) is 25.9. The van der Waals surface area contributed by atoms with Crippen LogP contribution in [0.1, 0.15) is 42.9 Å². The smallest absolute Gasteiger partial charge is 0.242 e. The monoisotopic (exact) mass is 497 g/mol. The minimum absolute atomic E-state index is 0.0516.